The summed E-state index contributed by atoms with van der Waals surface area (Å²) in [6, 6.07) is 33.6. The Kier molecular flexibility index (Phi) is 7.36. The van der Waals surface area contributed by atoms with Crippen molar-refractivity contribution in [2.75, 3.05) is 5.32 Å². The number of rotatable bonds is 7. The number of para-hydroxylation sites is 1. The molecule has 0 saturated carbocycles. The first kappa shape index (κ1) is 24.4. The number of fused-ring (bicyclic) bond motifs is 1. The number of nitrogens with zero attached hydrogens (tertiary/aromatic N) is 2. The van der Waals surface area contributed by atoms with Crippen LogP contribution in [0.1, 0.15) is 21.6 Å². The van der Waals surface area contributed by atoms with Gasteiger partial charge in [-0.05, 0) is 66.7 Å². The van der Waals surface area contributed by atoms with Gasteiger partial charge in [-0.3, -0.25) is 4.79 Å². The van der Waals surface area contributed by atoms with E-state index in [2.05, 4.69) is 16.4 Å². The van der Waals surface area contributed by atoms with Crippen molar-refractivity contribution in [3.05, 3.63) is 125 Å². The molecule has 0 radical (unpaired) electrons. The van der Waals surface area contributed by atoms with E-state index >= 15 is 0 Å². The number of aromatic nitrogens is 1. The van der Waals surface area contributed by atoms with Crippen molar-refractivity contribution in [3.63, 3.8) is 0 Å². The fraction of sp³-hybridized carbons (Fsp3) is 0.0333. The number of anilines is 1. The van der Waals surface area contributed by atoms with Crippen molar-refractivity contribution in [3.8, 4) is 11.8 Å². The molecule has 1 amide bonds. The Morgan fingerprint density at radius 1 is 0.919 bits per heavy atom. The minimum absolute atomic E-state index is 0.235. The first-order chi connectivity index (χ1) is 18.1. The average molecular weight is 522 g/mol. The van der Waals surface area contributed by atoms with Crippen LogP contribution in [0.5, 0.6) is 5.75 Å². The molecule has 5 aromatic rings. The highest BCUT2D eigenvalue weighted by Gasteiger charge is 2.12. The van der Waals surface area contributed by atoms with Gasteiger partial charge in [0.25, 0.3) is 5.91 Å². The molecule has 1 N–H and O–H groups in total. The third-order valence-corrected chi connectivity index (χ3v) is 6.96. The van der Waals surface area contributed by atoms with Gasteiger partial charge in [0.2, 0.25) is 0 Å². The first-order valence-electron chi connectivity index (χ1n) is 11.4. The molecule has 0 saturated heterocycles. The van der Waals surface area contributed by atoms with E-state index in [1.54, 1.807) is 30.3 Å². The molecule has 0 aliphatic heterocycles. The molecule has 1 heterocycles. The van der Waals surface area contributed by atoms with E-state index in [-0.39, 0.29) is 5.91 Å². The number of amides is 1. The summed E-state index contributed by atoms with van der Waals surface area (Å²) in [6.45, 7) is 0.294. The molecule has 7 heteroatoms. The van der Waals surface area contributed by atoms with E-state index < -0.39 is 0 Å². The second-order valence-electron chi connectivity index (χ2n) is 8.11. The lowest BCUT2D eigenvalue weighted by atomic mass is 10.2. The standard InChI is InChI=1S/C30H20ClN3O2S/c31-23-13-9-20-10-14-24(33-27(20)17-23)19-36-25-15-11-21(12-16-25)30(35)34-26-6-2-4-8-29(26)37-28-7-3-1-5-22(28)18-32/h1-17H,19H2,(H,34,35). The first-order valence-corrected chi connectivity index (χ1v) is 12.6. The van der Waals surface area contributed by atoms with Gasteiger partial charge in [0.05, 0.1) is 22.5 Å². The van der Waals surface area contributed by atoms with Gasteiger partial charge in [-0.1, -0.05) is 59.8 Å². The number of carbonyl (C=O) groups excluding carboxylic acids is 1. The number of nitrogens with one attached hydrogen (secondary N) is 1. The molecular weight excluding hydrogens is 502 g/mol. The monoisotopic (exact) mass is 521 g/mol. The Hall–Kier alpha value is -4.31. The van der Waals surface area contributed by atoms with Crippen LogP contribution in [0.15, 0.2) is 113 Å². The normalized spacial score (nSPS) is 10.6. The molecular formula is C30H20ClN3O2S. The fourth-order valence-electron chi connectivity index (χ4n) is 3.69. The molecule has 0 aliphatic rings. The van der Waals surface area contributed by atoms with E-state index in [9.17, 15) is 10.1 Å². The van der Waals surface area contributed by atoms with Crippen LogP contribution < -0.4 is 10.1 Å². The maximum Gasteiger partial charge on any atom is 0.255 e. The Morgan fingerprint density at radius 2 is 1.65 bits per heavy atom. The van der Waals surface area contributed by atoms with Crippen molar-refractivity contribution in [2.24, 2.45) is 0 Å². The van der Waals surface area contributed by atoms with E-state index in [4.69, 9.17) is 16.3 Å². The Balaban J connectivity index is 1.24. The number of pyridine rings is 1. The number of ether oxygens (including phenoxy) is 1. The van der Waals surface area contributed by atoms with Gasteiger partial charge < -0.3 is 10.1 Å². The van der Waals surface area contributed by atoms with Gasteiger partial charge >= 0.3 is 0 Å². The van der Waals surface area contributed by atoms with E-state index in [1.165, 1.54) is 11.8 Å². The zero-order chi connectivity index (χ0) is 25.6. The lowest BCUT2D eigenvalue weighted by Crippen LogP contribution is -2.12. The summed E-state index contributed by atoms with van der Waals surface area (Å²) < 4.78 is 5.87. The van der Waals surface area contributed by atoms with Crippen LogP contribution in [-0.4, -0.2) is 10.9 Å². The largest absolute Gasteiger partial charge is 0.487 e. The third-order valence-electron chi connectivity index (χ3n) is 5.58. The minimum Gasteiger partial charge on any atom is -0.487 e. The highest BCUT2D eigenvalue weighted by Crippen LogP contribution is 2.35. The number of carbonyl (C=O) groups is 1. The summed E-state index contributed by atoms with van der Waals surface area (Å²) >= 11 is 7.52. The topological polar surface area (TPSA) is 75.0 Å². The van der Waals surface area contributed by atoms with Crippen LogP contribution in [0.25, 0.3) is 10.9 Å². The zero-order valence-electron chi connectivity index (χ0n) is 19.5. The molecule has 0 unspecified atom stereocenters. The third kappa shape index (κ3) is 5.92. The summed E-state index contributed by atoms with van der Waals surface area (Å²) in [4.78, 5) is 19.2. The quantitative estimate of drug-likeness (QED) is 0.237. The SMILES string of the molecule is N#Cc1ccccc1Sc1ccccc1NC(=O)c1ccc(OCc2ccc3ccc(Cl)cc3n2)cc1. The predicted octanol–water partition coefficient (Wildman–Crippen LogP) is 7.74. The predicted molar refractivity (Wildman–Crippen MR) is 147 cm³/mol. The molecule has 0 spiro atoms. The van der Waals surface area contributed by atoms with Crippen LogP contribution in [0.3, 0.4) is 0 Å². The lowest BCUT2D eigenvalue weighted by Gasteiger charge is -2.12. The van der Waals surface area contributed by atoms with Crippen LogP contribution in [-0.2, 0) is 6.61 Å². The molecule has 37 heavy (non-hydrogen) atoms. The molecule has 0 bridgehead atoms. The summed E-state index contributed by atoms with van der Waals surface area (Å²) in [5.41, 5.74) is 3.36. The van der Waals surface area contributed by atoms with Crippen LogP contribution >= 0.6 is 23.4 Å². The van der Waals surface area contributed by atoms with Crippen LogP contribution in [0.2, 0.25) is 5.02 Å². The second kappa shape index (κ2) is 11.2. The molecule has 0 aliphatic carbocycles. The summed E-state index contributed by atoms with van der Waals surface area (Å²) in [6.07, 6.45) is 0. The maximum atomic E-state index is 13.0. The molecule has 0 fully saturated rings. The van der Waals surface area contributed by atoms with Crippen molar-refractivity contribution < 1.29 is 9.53 Å². The van der Waals surface area contributed by atoms with E-state index in [1.807, 2.05) is 72.8 Å². The Labute approximate surface area is 223 Å². The highest BCUT2D eigenvalue weighted by molar-refractivity contribution is 7.99. The van der Waals surface area contributed by atoms with E-state index in [0.717, 1.165) is 26.4 Å². The number of hydrogen-bond acceptors (Lipinski definition) is 5. The number of nitriles is 1. The Morgan fingerprint density at radius 3 is 2.46 bits per heavy atom. The number of benzene rings is 4. The Bertz CT molecular complexity index is 1630. The number of halogens is 1. The summed E-state index contributed by atoms with van der Waals surface area (Å²) in [5, 5.41) is 14.0. The van der Waals surface area contributed by atoms with Gasteiger partial charge in [0, 0.05) is 25.8 Å². The number of hydrogen-bond donors (Lipinski definition) is 1. The maximum absolute atomic E-state index is 13.0. The van der Waals surface area contributed by atoms with Gasteiger partial charge in [-0.15, -0.1) is 0 Å². The minimum atomic E-state index is -0.235. The molecule has 5 nitrogen and oxygen atoms in total. The van der Waals surface area contributed by atoms with Gasteiger partial charge in [-0.25, -0.2) is 4.98 Å². The lowest BCUT2D eigenvalue weighted by molar-refractivity contribution is 0.102. The van der Waals surface area contributed by atoms with Gasteiger partial charge in [0.15, 0.2) is 0 Å². The molecule has 4 aromatic carbocycles. The van der Waals surface area contributed by atoms with Crippen LogP contribution in [0, 0.1) is 11.3 Å². The van der Waals surface area contributed by atoms with Crippen molar-refractivity contribution >= 4 is 45.9 Å². The van der Waals surface area contributed by atoms with Gasteiger partial charge in [-0.2, -0.15) is 5.26 Å². The zero-order valence-corrected chi connectivity index (χ0v) is 21.1. The molecule has 0 atom stereocenters. The molecule has 5 rings (SSSR count). The highest BCUT2D eigenvalue weighted by atomic mass is 35.5. The van der Waals surface area contributed by atoms with Crippen molar-refractivity contribution in [2.45, 2.75) is 16.4 Å². The molecule has 180 valence electrons. The summed E-state index contributed by atoms with van der Waals surface area (Å²) in [5.74, 6) is 0.398. The average Bonchev–Trinajstić information content (AvgIpc) is 2.93. The van der Waals surface area contributed by atoms with Crippen molar-refractivity contribution in [1.82, 2.24) is 4.98 Å². The summed E-state index contributed by atoms with van der Waals surface area (Å²) in [7, 11) is 0. The second-order valence-corrected chi connectivity index (χ2v) is 9.63. The van der Waals surface area contributed by atoms with Gasteiger partial charge in [0.1, 0.15) is 18.4 Å². The van der Waals surface area contributed by atoms with Crippen molar-refractivity contribution in [1.29, 1.82) is 5.26 Å². The smallest absolute Gasteiger partial charge is 0.255 e. The molecule has 1 aromatic heterocycles. The fourth-order valence-corrected chi connectivity index (χ4v) is 4.84. The van der Waals surface area contributed by atoms with Crippen LogP contribution in [0.4, 0.5) is 5.69 Å². The van der Waals surface area contributed by atoms with E-state index in [0.29, 0.717) is 34.2 Å².